The molecule has 0 atom stereocenters. The van der Waals surface area contributed by atoms with Gasteiger partial charge in [0.05, 0.1) is 12.3 Å². The van der Waals surface area contributed by atoms with Crippen LogP contribution in [0, 0.1) is 0 Å². The Bertz CT molecular complexity index is 613. The van der Waals surface area contributed by atoms with Crippen molar-refractivity contribution in [2.24, 2.45) is 5.73 Å². The van der Waals surface area contributed by atoms with E-state index in [2.05, 4.69) is 17.2 Å². The minimum Gasteiger partial charge on any atom is -0.494 e. The molecule has 0 aliphatic rings. The Kier molecular flexibility index (Phi) is 6.36. The first-order chi connectivity index (χ1) is 10.7. The molecule has 0 unspecified atom stereocenters. The number of carbonyl (C=O) groups excluding carboxylic acids is 1. The number of carbonyl (C=O) groups is 1. The first-order valence-corrected chi connectivity index (χ1v) is 8.29. The van der Waals surface area contributed by atoms with E-state index in [0.29, 0.717) is 31.1 Å². The number of rotatable bonds is 8. The molecule has 0 saturated carbocycles. The van der Waals surface area contributed by atoms with Crippen LogP contribution in [0.15, 0.2) is 29.6 Å². The summed E-state index contributed by atoms with van der Waals surface area (Å²) in [5, 5.41) is 5.33. The van der Waals surface area contributed by atoms with Gasteiger partial charge in [0, 0.05) is 17.4 Å². The second-order valence-electron chi connectivity index (χ2n) is 4.85. The number of aromatic nitrogens is 1. The summed E-state index contributed by atoms with van der Waals surface area (Å²) in [5.74, 6) is 0.785. The van der Waals surface area contributed by atoms with E-state index in [-0.39, 0.29) is 5.91 Å². The van der Waals surface area contributed by atoms with Gasteiger partial charge in [0.1, 0.15) is 5.75 Å². The van der Waals surface area contributed by atoms with Crippen molar-refractivity contribution in [2.75, 3.05) is 18.5 Å². The molecule has 1 aromatic heterocycles. The molecule has 0 fully saturated rings. The summed E-state index contributed by atoms with van der Waals surface area (Å²) in [5.41, 5.74) is 7.21. The highest BCUT2D eigenvalue weighted by Gasteiger charge is 2.08. The molecular weight excluding hydrogens is 298 g/mol. The van der Waals surface area contributed by atoms with Gasteiger partial charge in [-0.15, -0.1) is 11.3 Å². The highest BCUT2D eigenvalue weighted by atomic mass is 32.1. The molecule has 22 heavy (non-hydrogen) atoms. The van der Waals surface area contributed by atoms with Crippen molar-refractivity contribution in [1.82, 2.24) is 4.98 Å². The monoisotopic (exact) mass is 319 g/mol. The topological polar surface area (TPSA) is 77.2 Å². The van der Waals surface area contributed by atoms with Crippen molar-refractivity contribution < 1.29 is 9.53 Å². The molecule has 0 bridgehead atoms. The lowest BCUT2D eigenvalue weighted by molar-refractivity contribution is -0.116. The Balaban J connectivity index is 2.03. The zero-order valence-corrected chi connectivity index (χ0v) is 13.5. The number of anilines is 1. The first kappa shape index (κ1) is 16.5. The molecule has 2 rings (SSSR count). The van der Waals surface area contributed by atoms with E-state index >= 15 is 0 Å². The summed E-state index contributed by atoms with van der Waals surface area (Å²) in [7, 11) is 0. The van der Waals surface area contributed by atoms with Crippen LogP contribution in [0.5, 0.6) is 5.75 Å². The summed E-state index contributed by atoms with van der Waals surface area (Å²) in [6.07, 6.45) is 2.08. The predicted octanol–water partition coefficient (Wildman–Crippen LogP) is 3.28. The maximum Gasteiger partial charge on any atom is 0.226 e. The van der Waals surface area contributed by atoms with Gasteiger partial charge in [-0.1, -0.05) is 19.1 Å². The molecule has 5 nitrogen and oxygen atoms in total. The van der Waals surface area contributed by atoms with Crippen molar-refractivity contribution in [3.63, 3.8) is 0 Å². The molecule has 0 aliphatic carbocycles. The lowest BCUT2D eigenvalue weighted by Crippen LogP contribution is -2.13. The Morgan fingerprint density at radius 3 is 3.09 bits per heavy atom. The third-order valence-electron chi connectivity index (χ3n) is 2.96. The van der Waals surface area contributed by atoms with Crippen LogP contribution in [0.2, 0.25) is 0 Å². The molecule has 6 heteroatoms. The molecule has 3 N–H and O–H groups in total. The normalized spacial score (nSPS) is 10.5. The van der Waals surface area contributed by atoms with Crippen molar-refractivity contribution in [1.29, 1.82) is 0 Å². The Morgan fingerprint density at radius 1 is 1.45 bits per heavy atom. The van der Waals surface area contributed by atoms with Crippen molar-refractivity contribution in [3.8, 4) is 17.0 Å². The number of nitrogens with two attached hydrogens (primary N) is 1. The van der Waals surface area contributed by atoms with Crippen LogP contribution in [0.3, 0.4) is 0 Å². The Hall–Kier alpha value is -1.92. The van der Waals surface area contributed by atoms with Gasteiger partial charge in [0.15, 0.2) is 5.13 Å². The van der Waals surface area contributed by atoms with Crippen molar-refractivity contribution in [3.05, 3.63) is 29.6 Å². The van der Waals surface area contributed by atoms with Gasteiger partial charge < -0.3 is 15.8 Å². The molecule has 1 heterocycles. The minimum atomic E-state index is -0.0496. The molecule has 1 aromatic carbocycles. The minimum absolute atomic E-state index is 0.0496. The van der Waals surface area contributed by atoms with Gasteiger partial charge in [-0.2, -0.15) is 0 Å². The van der Waals surface area contributed by atoms with Gasteiger partial charge in [-0.3, -0.25) is 4.79 Å². The number of thiazole rings is 1. The van der Waals surface area contributed by atoms with E-state index in [4.69, 9.17) is 10.5 Å². The van der Waals surface area contributed by atoms with Crippen LogP contribution >= 0.6 is 11.3 Å². The van der Waals surface area contributed by atoms with Gasteiger partial charge in [-0.25, -0.2) is 4.98 Å². The molecule has 0 spiro atoms. The van der Waals surface area contributed by atoms with Crippen molar-refractivity contribution in [2.45, 2.75) is 26.2 Å². The van der Waals surface area contributed by atoms with Crippen LogP contribution in [0.4, 0.5) is 5.13 Å². The number of nitrogens with one attached hydrogen (secondary N) is 1. The quantitative estimate of drug-likeness (QED) is 0.783. The van der Waals surface area contributed by atoms with E-state index in [0.717, 1.165) is 23.4 Å². The number of benzene rings is 1. The van der Waals surface area contributed by atoms with Gasteiger partial charge in [0.25, 0.3) is 0 Å². The Labute approximate surface area is 134 Å². The summed E-state index contributed by atoms with van der Waals surface area (Å²) < 4.78 is 5.63. The fourth-order valence-corrected chi connectivity index (χ4v) is 2.61. The maximum absolute atomic E-state index is 11.7. The zero-order valence-electron chi connectivity index (χ0n) is 12.7. The van der Waals surface area contributed by atoms with Gasteiger partial charge in [0.2, 0.25) is 5.91 Å². The molecule has 2 aromatic rings. The lowest BCUT2D eigenvalue weighted by Gasteiger charge is -2.05. The molecule has 1 amide bonds. The number of ether oxygens (including phenoxy) is 1. The summed E-state index contributed by atoms with van der Waals surface area (Å²) in [6, 6.07) is 7.82. The second kappa shape index (κ2) is 8.51. The van der Waals surface area contributed by atoms with Crippen LogP contribution in [0.25, 0.3) is 11.3 Å². The average Bonchev–Trinajstić information content (AvgIpc) is 2.99. The molecule has 118 valence electrons. The Morgan fingerprint density at radius 2 is 2.32 bits per heavy atom. The van der Waals surface area contributed by atoms with Crippen LogP contribution < -0.4 is 15.8 Å². The van der Waals surface area contributed by atoms with Crippen molar-refractivity contribution >= 4 is 22.4 Å². The number of amides is 1. The smallest absolute Gasteiger partial charge is 0.226 e. The number of hydrogen-bond acceptors (Lipinski definition) is 5. The summed E-state index contributed by atoms with van der Waals surface area (Å²) in [6.45, 7) is 3.29. The number of nitrogens with zero attached hydrogens (tertiary/aromatic N) is 1. The fraction of sp³-hybridized carbons (Fsp3) is 0.375. The molecule has 0 radical (unpaired) electrons. The van der Waals surface area contributed by atoms with E-state index in [1.54, 1.807) is 0 Å². The van der Waals surface area contributed by atoms with E-state index in [1.165, 1.54) is 11.3 Å². The largest absolute Gasteiger partial charge is 0.494 e. The van der Waals surface area contributed by atoms with Gasteiger partial charge in [-0.05, 0) is 31.5 Å². The van der Waals surface area contributed by atoms with E-state index in [9.17, 15) is 4.79 Å². The lowest BCUT2D eigenvalue weighted by atomic mass is 10.2. The predicted molar refractivity (Wildman–Crippen MR) is 90.3 cm³/mol. The first-order valence-electron chi connectivity index (χ1n) is 7.41. The maximum atomic E-state index is 11.7. The summed E-state index contributed by atoms with van der Waals surface area (Å²) in [4.78, 5) is 16.1. The average molecular weight is 319 g/mol. The van der Waals surface area contributed by atoms with Crippen LogP contribution in [0.1, 0.15) is 26.2 Å². The van der Waals surface area contributed by atoms with E-state index in [1.807, 2.05) is 29.6 Å². The SMILES string of the molecule is CCCOc1cccc(-c2csc(NC(=O)CCCN)n2)c1. The third kappa shape index (κ3) is 4.82. The fourth-order valence-electron chi connectivity index (χ4n) is 1.87. The van der Waals surface area contributed by atoms with Gasteiger partial charge >= 0.3 is 0 Å². The summed E-state index contributed by atoms with van der Waals surface area (Å²) >= 11 is 1.41. The highest BCUT2D eigenvalue weighted by Crippen LogP contribution is 2.27. The highest BCUT2D eigenvalue weighted by molar-refractivity contribution is 7.14. The zero-order chi connectivity index (χ0) is 15.8. The van der Waals surface area contributed by atoms with Crippen LogP contribution in [-0.4, -0.2) is 24.0 Å². The third-order valence-corrected chi connectivity index (χ3v) is 3.72. The van der Waals surface area contributed by atoms with E-state index < -0.39 is 0 Å². The molecular formula is C16H21N3O2S. The molecule has 0 saturated heterocycles. The molecule has 0 aliphatic heterocycles. The number of hydrogen-bond donors (Lipinski definition) is 2. The standard InChI is InChI=1S/C16H21N3O2S/c1-2-9-21-13-6-3-5-12(10-13)14-11-22-16(18-14)19-15(20)7-4-8-17/h3,5-6,10-11H,2,4,7-9,17H2,1H3,(H,18,19,20). The second-order valence-corrected chi connectivity index (χ2v) is 5.71. The van der Waals surface area contributed by atoms with Crippen LogP contribution in [-0.2, 0) is 4.79 Å².